The molecular formula is C35H38N4O4. The van der Waals surface area contributed by atoms with Gasteiger partial charge in [-0.3, -0.25) is 4.79 Å². The highest BCUT2D eigenvalue weighted by Crippen LogP contribution is 2.46. The summed E-state index contributed by atoms with van der Waals surface area (Å²) in [7, 11) is 1.41. The Labute approximate surface area is 252 Å². The molecule has 8 bridgehead atoms. The standard InChI is InChI=1S/C35H38N4O4/c1-8-20-16(3)23-15-28-32(29(40)9-2)18(5)25(37-28)13-24-17(4)21(10-11-31(42)43-7)34(38-24)22-12-30(41)33-19(6)26(39-35(22)33)14-27(20)36-23/h9,13-15,17,21,29,38,40-41H,2,8,10-12H2,1,3-7H3/t17-,21-,29+/m0/s1. The molecule has 43 heavy (non-hydrogen) atoms. The van der Waals surface area contributed by atoms with Gasteiger partial charge in [0.15, 0.2) is 0 Å². The Hall–Kier alpha value is -4.30. The molecule has 6 rings (SSSR count). The van der Waals surface area contributed by atoms with Gasteiger partial charge in [0.05, 0.1) is 47.4 Å². The molecule has 8 heteroatoms. The third-order valence-corrected chi connectivity index (χ3v) is 9.51. The molecule has 1 aliphatic carbocycles. The van der Waals surface area contributed by atoms with Gasteiger partial charge in [0, 0.05) is 52.8 Å². The molecule has 0 radical (unpaired) electrons. The van der Waals surface area contributed by atoms with Crippen LogP contribution in [0.2, 0.25) is 0 Å². The summed E-state index contributed by atoms with van der Waals surface area (Å²) in [6.07, 6.45) is 8.66. The van der Waals surface area contributed by atoms with Crippen LogP contribution in [0.4, 0.5) is 0 Å². The van der Waals surface area contributed by atoms with Gasteiger partial charge in [-0.25, -0.2) is 15.0 Å². The number of hydrogen-bond donors (Lipinski definition) is 3. The third kappa shape index (κ3) is 4.56. The number of aliphatic hydroxyl groups excluding tert-OH is 2. The maximum absolute atomic E-state index is 12.2. The number of aliphatic hydroxyl groups is 2. The van der Waals surface area contributed by atoms with Gasteiger partial charge < -0.3 is 20.3 Å². The van der Waals surface area contributed by atoms with Crippen molar-refractivity contribution >= 4 is 23.1 Å². The number of hydrogen-bond acceptors (Lipinski definition) is 8. The highest BCUT2D eigenvalue weighted by Gasteiger charge is 2.41. The van der Waals surface area contributed by atoms with E-state index in [0.29, 0.717) is 29.9 Å². The number of methoxy groups -OCH3 is 1. The molecule has 6 aliphatic rings. The minimum atomic E-state index is -0.885. The van der Waals surface area contributed by atoms with Gasteiger partial charge >= 0.3 is 5.97 Å². The number of allylic oxidation sites excluding steroid dienone is 11. The molecule has 0 aromatic heterocycles. The summed E-state index contributed by atoms with van der Waals surface area (Å²) in [5, 5.41) is 25.9. The molecule has 0 saturated carbocycles. The van der Waals surface area contributed by atoms with Crippen LogP contribution < -0.4 is 5.32 Å². The van der Waals surface area contributed by atoms with Crippen LogP contribution in [-0.4, -0.2) is 46.5 Å². The van der Waals surface area contributed by atoms with Crippen molar-refractivity contribution in [3.8, 4) is 0 Å². The van der Waals surface area contributed by atoms with E-state index in [1.165, 1.54) is 13.2 Å². The zero-order chi connectivity index (χ0) is 30.7. The van der Waals surface area contributed by atoms with Crippen LogP contribution in [0.3, 0.4) is 0 Å². The van der Waals surface area contributed by atoms with Crippen LogP contribution in [0.1, 0.15) is 60.3 Å². The van der Waals surface area contributed by atoms with E-state index in [4.69, 9.17) is 19.7 Å². The molecule has 1 saturated heterocycles. The lowest BCUT2D eigenvalue weighted by Crippen LogP contribution is -2.16. The van der Waals surface area contributed by atoms with Crippen LogP contribution in [0.25, 0.3) is 0 Å². The second-order valence-corrected chi connectivity index (χ2v) is 11.8. The normalized spacial score (nSPS) is 25.1. The number of nitrogens with one attached hydrogen (secondary N) is 1. The molecule has 0 aromatic rings. The van der Waals surface area contributed by atoms with Crippen molar-refractivity contribution < 1.29 is 19.7 Å². The predicted molar refractivity (Wildman–Crippen MR) is 169 cm³/mol. The average Bonchev–Trinajstić information content (AvgIpc) is 3.74. The Morgan fingerprint density at radius 2 is 1.84 bits per heavy atom. The maximum atomic E-state index is 12.2. The van der Waals surface area contributed by atoms with E-state index >= 15 is 0 Å². The molecule has 0 unspecified atom stereocenters. The first-order valence-corrected chi connectivity index (χ1v) is 14.9. The van der Waals surface area contributed by atoms with E-state index in [9.17, 15) is 15.0 Å². The zero-order valence-electron chi connectivity index (χ0n) is 25.6. The molecule has 3 N–H and O–H groups in total. The number of carbonyl (C=O) groups is 1. The van der Waals surface area contributed by atoms with Crippen LogP contribution in [0.5, 0.6) is 0 Å². The lowest BCUT2D eigenvalue weighted by Gasteiger charge is -2.17. The molecule has 3 atom stereocenters. The van der Waals surface area contributed by atoms with Crippen LogP contribution in [0, 0.1) is 11.8 Å². The van der Waals surface area contributed by atoms with Gasteiger partial charge in [0.25, 0.3) is 0 Å². The highest BCUT2D eigenvalue weighted by molar-refractivity contribution is 6.21. The zero-order valence-corrected chi connectivity index (χ0v) is 25.6. The number of nitrogens with zero attached hydrogens (tertiary/aromatic N) is 3. The predicted octanol–water partition coefficient (Wildman–Crippen LogP) is 6.16. The first kappa shape index (κ1) is 28.8. The summed E-state index contributed by atoms with van der Waals surface area (Å²) in [4.78, 5) is 27.3. The van der Waals surface area contributed by atoms with Crippen molar-refractivity contribution in [2.45, 2.75) is 66.4 Å². The van der Waals surface area contributed by atoms with E-state index in [1.807, 2.05) is 32.1 Å². The second-order valence-electron chi connectivity index (χ2n) is 11.8. The topological polar surface area (TPSA) is 116 Å². The molecule has 1 fully saturated rings. The van der Waals surface area contributed by atoms with Gasteiger partial charge in [-0.05, 0) is 74.1 Å². The second kappa shape index (κ2) is 10.8. The monoisotopic (exact) mass is 578 g/mol. The summed E-state index contributed by atoms with van der Waals surface area (Å²) in [6.45, 7) is 14.1. The molecule has 0 aromatic carbocycles. The molecule has 222 valence electrons. The SMILES string of the molecule is C=C[C@@H](O)C1=C(C)C2=NC1=CC1=NC(=CC3=C(C)C4=C(O)CC(=C5NC(=C2)[C@@H](C)[C@@H]5CCC(=O)OC)C4=N3)C(CC)=C1C. The van der Waals surface area contributed by atoms with Crippen LogP contribution in [-0.2, 0) is 9.53 Å². The van der Waals surface area contributed by atoms with Crippen molar-refractivity contribution in [2.24, 2.45) is 26.8 Å². The first-order chi connectivity index (χ1) is 20.6. The summed E-state index contributed by atoms with van der Waals surface area (Å²) < 4.78 is 4.97. The average molecular weight is 579 g/mol. The smallest absolute Gasteiger partial charge is 0.305 e. The summed E-state index contributed by atoms with van der Waals surface area (Å²) in [5.74, 6) is 0.0559. The number of rotatable bonds is 6. The van der Waals surface area contributed by atoms with Crippen LogP contribution >= 0.6 is 0 Å². The van der Waals surface area contributed by atoms with Crippen LogP contribution in [0.15, 0.2) is 119 Å². The largest absolute Gasteiger partial charge is 0.511 e. The molecule has 0 spiro atoms. The molecule has 8 nitrogen and oxygen atoms in total. The van der Waals surface area contributed by atoms with Crippen molar-refractivity contribution in [1.29, 1.82) is 0 Å². The lowest BCUT2D eigenvalue weighted by molar-refractivity contribution is -0.140. The Morgan fingerprint density at radius 3 is 2.53 bits per heavy atom. The fraction of sp³-hybridized carbons (Fsp3) is 0.371. The first-order valence-electron chi connectivity index (χ1n) is 14.9. The van der Waals surface area contributed by atoms with E-state index < -0.39 is 6.10 Å². The maximum Gasteiger partial charge on any atom is 0.305 e. The third-order valence-electron chi connectivity index (χ3n) is 9.51. The van der Waals surface area contributed by atoms with Crippen molar-refractivity contribution in [3.63, 3.8) is 0 Å². The summed E-state index contributed by atoms with van der Waals surface area (Å²) >= 11 is 0. The fourth-order valence-electron chi connectivity index (χ4n) is 6.99. The summed E-state index contributed by atoms with van der Waals surface area (Å²) in [5.41, 5.74) is 12.9. The van der Waals surface area contributed by atoms with E-state index in [-0.39, 0.29) is 24.2 Å². The number of aliphatic imine (C=N–C) groups is 3. The highest BCUT2D eigenvalue weighted by atomic mass is 16.5. The number of carbonyl (C=O) groups excluding carboxylic acids is 1. The Balaban J connectivity index is 1.61. The minimum absolute atomic E-state index is 0.0213. The van der Waals surface area contributed by atoms with E-state index in [0.717, 1.165) is 79.8 Å². The van der Waals surface area contributed by atoms with E-state index in [1.54, 1.807) is 0 Å². The number of esters is 1. The lowest BCUT2D eigenvalue weighted by atomic mass is 9.86. The van der Waals surface area contributed by atoms with Crippen molar-refractivity contribution in [3.05, 3.63) is 104 Å². The van der Waals surface area contributed by atoms with Crippen molar-refractivity contribution in [2.75, 3.05) is 7.11 Å². The number of fused-ring (bicyclic) bond motifs is 5. The van der Waals surface area contributed by atoms with Gasteiger partial charge in [0.2, 0.25) is 0 Å². The van der Waals surface area contributed by atoms with Gasteiger partial charge in [-0.2, -0.15) is 0 Å². The van der Waals surface area contributed by atoms with Crippen molar-refractivity contribution in [1.82, 2.24) is 5.32 Å². The molecule has 5 heterocycles. The van der Waals surface area contributed by atoms with Gasteiger partial charge in [-0.1, -0.05) is 19.9 Å². The van der Waals surface area contributed by atoms with Gasteiger partial charge in [0.1, 0.15) is 5.76 Å². The molecular weight excluding hydrogens is 540 g/mol. The van der Waals surface area contributed by atoms with E-state index in [2.05, 4.69) is 32.7 Å². The Kier molecular flexibility index (Phi) is 7.21. The Bertz CT molecular complexity index is 1730. The Morgan fingerprint density at radius 1 is 1.12 bits per heavy atom. The fourth-order valence-corrected chi connectivity index (χ4v) is 6.99. The minimum Gasteiger partial charge on any atom is -0.511 e. The van der Waals surface area contributed by atoms with Gasteiger partial charge in [-0.15, -0.1) is 6.58 Å². The number of ether oxygens (including phenoxy) is 1. The summed E-state index contributed by atoms with van der Waals surface area (Å²) in [6, 6.07) is 0. The molecule has 5 aliphatic heterocycles. The quantitative estimate of drug-likeness (QED) is 0.258. The molecule has 0 amide bonds.